The minimum Gasteiger partial charge on any atom is -0.292 e. The SMILES string of the molecule is CS(=O)(=O)C(I)C(=O)c1ccc(Br)cc1. The van der Waals surface area contributed by atoms with Gasteiger partial charge >= 0.3 is 0 Å². The molecule has 0 bridgehead atoms. The summed E-state index contributed by atoms with van der Waals surface area (Å²) in [5.74, 6) is -0.384. The number of sulfone groups is 1. The summed E-state index contributed by atoms with van der Waals surface area (Å²) >= 11 is 4.88. The molecule has 1 rings (SSSR count). The van der Waals surface area contributed by atoms with Crippen LogP contribution in [0.1, 0.15) is 10.4 Å². The van der Waals surface area contributed by atoms with Crippen LogP contribution in [0.4, 0.5) is 0 Å². The van der Waals surface area contributed by atoms with Crippen molar-refractivity contribution in [3.05, 3.63) is 34.3 Å². The number of carbonyl (C=O) groups is 1. The van der Waals surface area contributed by atoms with Crippen molar-refractivity contribution in [1.29, 1.82) is 0 Å². The number of hydrogen-bond acceptors (Lipinski definition) is 3. The average molecular weight is 403 g/mol. The van der Waals surface area contributed by atoms with E-state index in [0.717, 1.165) is 10.7 Å². The Morgan fingerprint density at radius 3 is 2.20 bits per heavy atom. The molecule has 1 unspecified atom stereocenters. The van der Waals surface area contributed by atoms with Crippen LogP contribution in [0.3, 0.4) is 0 Å². The molecule has 0 spiro atoms. The predicted molar refractivity (Wildman–Crippen MR) is 71.1 cm³/mol. The highest BCUT2D eigenvalue weighted by atomic mass is 127. The highest BCUT2D eigenvalue weighted by molar-refractivity contribution is 14.1. The highest BCUT2D eigenvalue weighted by Crippen LogP contribution is 2.18. The van der Waals surface area contributed by atoms with E-state index in [4.69, 9.17) is 0 Å². The Morgan fingerprint density at radius 1 is 1.33 bits per heavy atom. The smallest absolute Gasteiger partial charge is 0.190 e. The van der Waals surface area contributed by atoms with Crippen LogP contribution in [0.5, 0.6) is 0 Å². The summed E-state index contributed by atoms with van der Waals surface area (Å²) in [7, 11) is -3.33. The average Bonchev–Trinajstić information content (AvgIpc) is 2.15. The standard InChI is InChI=1S/C9H8BrIO3S/c1-15(13,14)9(11)8(12)6-2-4-7(10)5-3-6/h2-5,9H,1H3. The van der Waals surface area contributed by atoms with Crippen molar-refractivity contribution in [1.82, 2.24) is 0 Å². The van der Waals surface area contributed by atoms with E-state index in [-0.39, 0.29) is 5.78 Å². The van der Waals surface area contributed by atoms with Gasteiger partial charge in [-0.2, -0.15) is 0 Å². The zero-order chi connectivity index (χ0) is 11.6. The normalized spacial score (nSPS) is 13.5. The molecule has 0 aliphatic carbocycles. The first-order valence-corrected chi connectivity index (χ1v) is 7.94. The number of alkyl halides is 1. The first-order valence-electron chi connectivity index (χ1n) is 3.95. The van der Waals surface area contributed by atoms with Crippen LogP contribution in [0.15, 0.2) is 28.7 Å². The van der Waals surface area contributed by atoms with Gasteiger partial charge in [0.15, 0.2) is 18.9 Å². The van der Waals surface area contributed by atoms with Crippen molar-refractivity contribution in [3.63, 3.8) is 0 Å². The topological polar surface area (TPSA) is 51.2 Å². The molecule has 3 nitrogen and oxygen atoms in total. The zero-order valence-corrected chi connectivity index (χ0v) is 12.3. The van der Waals surface area contributed by atoms with E-state index in [1.165, 1.54) is 0 Å². The third kappa shape index (κ3) is 3.53. The summed E-state index contributed by atoms with van der Waals surface area (Å²) in [6, 6.07) is 6.62. The molecule has 0 saturated heterocycles. The van der Waals surface area contributed by atoms with Crippen LogP contribution in [0.2, 0.25) is 0 Å². The second-order valence-electron chi connectivity index (χ2n) is 3.02. The van der Waals surface area contributed by atoms with Crippen molar-refractivity contribution in [3.8, 4) is 0 Å². The fraction of sp³-hybridized carbons (Fsp3) is 0.222. The summed E-state index contributed by atoms with van der Waals surface area (Å²) in [4.78, 5) is 11.7. The second-order valence-corrected chi connectivity index (χ2v) is 8.15. The first-order chi connectivity index (χ1) is 6.82. The minimum absolute atomic E-state index is 0.384. The number of halogens is 2. The van der Waals surface area contributed by atoms with Crippen LogP contribution in [-0.2, 0) is 9.84 Å². The Morgan fingerprint density at radius 2 is 1.80 bits per heavy atom. The summed E-state index contributed by atoms with van der Waals surface area (Å²) < 4.78 is 22.2. The number of hydrogen-bond donors (Lipinski definition) is 0. The molecule has 0 heterocycles. The first kappa shape index (κ1) is 13.1. The molecule has 82 valence electrons. The molecule has 0 amide bonds. The molecule has 0 aliphatic rings. The molecule has 6 heteroatoms. The van der Waals surface area contributed by atoms with Gasteiger partial charge < -0.3 is 0 Å². The van der Waals surface area contributed by atoms with Crippen molar-refractivity contribution in [2.45, 2.75) is 3.26 Å². The van der Waals surface area contributed by atoms with Gasteiger partial charge in [0, 0.05) is 16.3 Å². The summed E-state index contributed by atoms with van der Waals surface area (Å²) in [6.07, 6.45) is 1.06. The third-order valence-corrected chi connectivity index (χ3v) is 6.54. The minimum atomic E-state index is -3.33. The van der Waals surface area contributed by atoms with Crippen molar-refractivity contribution >= 4 is 54.1 Å². The van der Waals surface area contributed by atoms with Gasteiger partial charge in [0.25, 0.3) is 0 Å². The van der Waals surface area contributed by atoms with E-state index in [9.17, 15) is 13.2 Å². The van der Waals surface area contributed by atoms with Crippen molar-refractivity contribution in [2.75, 3.05) is 6.26 Å². The molecule has 0 N–H and O–H groups in total. The third-order valence-electron chi connectivity index (χ3n) is 1.71. The molecule has 0 aliphatic heterocycles. The Hall–Kier alpha value is 0.0500. The maximum absolute atomic E-state index is 11.7. The lowest BCUT2D eigenvalue weighted by molar-refractivity contribution is 0.101. The van der Waals surface area contributed by atoms with Gasteiger partial charge in [-0.3, -0.25) is 4.79 Å². The van der Waals surface area contributed by atoms with Gasteiger partial charge in [-0.1, -0.05) is 50.7 Å². The Bertz CT molecular complexity index is 467. The molecule has 0 saturated carbocycles. The van der Waals surface area contributed by atoms with E-state index < -0.39 is 13.1 Å². The highest BCUT2D eigenvalue weighted by Gasteiger charge is 2.26. The molecule has 15 heavy (non-hydrogen) atoms. The van der Waals surface area contributed by atoms with Crippen LogP contribution in [0.25, 0.3) is 0 Å². The number of Topliss-reactive ketones (excluding diaryl/α,β-unsaturated/α-hetero) is 1. The molecule has 1 aromatic carbocycles. The predicted octanol–water partition coefficient (Wildman–Crippen LogP) is 2.44. The maximum Gasteiger partial charge on any atom is 0.190 e. The van der Waals surface area contributed by atoms with Crippen molar-refractivity contribution in [2.24, 2.45) is 0 Å². The molecule has 1 aromatic rings. The lowest BCUT2D eigenvalue weighted by atomic mass is 10.2. The molecule has 1 atom stereocenters. The molecular formula is C9H8BrIO3S. The lowest BCUT2D eigenvalue weighted by Crippen LogP contribution is -2.23. The Labute approximate surface area is 110 Å². The van der Waals surface area contributed by atoms with Crippen LogP contribution in [0, 0.1) is 0 Å². The summed E-state index contributed by atoms with van der Waals surface area (Å²) in [5, 5.41) is 0. The number of benzene rings is 1. The van der Waals surface area contributed by atoms with Gasteiger partial charge in [0.1, 0.15) is 0 Å². The maximum atomic E-state index is 11.7. The van der Waals surface area contributed by atoms with E-state index in [2.05, 4.69) is 15.9 Å². The zero-order valence-electron chi connectivity index (χ0n) is 7.78. The van der Waals surface area contributed by atoms with E-state index in [1.54, 1.807) is 46.9 Å². The van der Waals surface area contributed by atoms with Gasteiger partial charge in [0.2, 0.25) is 0 Å². The van der Waals surface area contributed by atoms with Gasteiger partial charge in [-0.15, -0.1) is 0 Å². The van der Waals surface area contributed by atoms with Crippen LogP contribution in [-0.4, -0.2) is 23.7 Å². The van der Waals surface area contributed by atoms with E-state index in [1.807, 2.05) is 0 Å². The van der Waals surface area contributed by atoms with E-state index in [0.29, 0.717) is 5.56 Å². The van der Waals surface area contributed by atoms with Crippen molar-refractivity contribution < 1.29 is 13.2 Å². The summed E-state index contributed by atoms with van der Waals surface area (Å²) in [5.41, 5.74) is 0.406. The number of carbonyl (C=O) groups excluding carboxylic acids is 1. The van der Waals surface area contributed by atoms with Gasteiger partial charge in [-0.05, 0) is 12.1 Å². The van der Waals surface area contributed by atoms with Crippen LogP contribution >= 0.6 is 38.5 Å². The monoisotopic (exact) mass is 402 g/mol. The van der Waals surface area contributed by atoms with Crippen LogP contribution < -0.4 is 0 Å². The fourth-order valence-electron chi connectivity index (χ4n) is 0.940. The lowest BCUT2D eigenvalue weighted by Gasteiger charge is -2.06. The number of rotatable bonds is 3. The molecular weight excluding hydrogens is 395 g/mol. The van der Waals surface area contributed by atoms with E-state index >= 15 is 0 Å². The largest absolute Gasteiger partial charge is 0.292 e. The molecule has 0 fully saturated rings. The molecule has 0 aromatic heterocycles. The summed E-state index contributed by atoms with van der Waals surface area (Å²) in [6.45, 7) is 0. The number of ketones is 1. The second kappa shape index (κ2) is 4.92. The fourth-order valence-corrected chi connectivity index (χ4v) is 2.09. The quantitative estimate of drug-likeness (QED) is 0.443. The van der Waals surface area contributed by atoms with Gasteiger partial charge in [-0.25, -0.2) is 8.42 Å². The Balaban J connectivity index is 3.01. The Kier molecular flexibility index (Phi) is 4.30. The molecule has 0 radical (unpaired) electrons. The van der Waals surface area contributed by atoms with Gasteiger partial charge in [0.05, 0.1) is 0 Å².